The predicted molar refractivity (Wildman–Crippen MR) is 92.4 cm³/mol. The lowest BCUT2D eigenvalue weighted by molar-refractivity contribution is 0.189. The number of amides is 2. The van der Waals surface area contributed by atoms with Crippen LogP contribution in [0.2, 0.25) is 0 Å². The first-order valence-electron chi connectivity index (χ1n) is 8.13. The minimum atomic E-state index is -0.0351. The Bertz CT molecular complexity index is 695. The number of urea groups is 1. The lowest BCUT2D eigenvalue weighted by Gasteiger charge is -2.29. The Hall–Kier alpha value is -2.36. The topological polar surface area (TPSA) is 45.2 Å². The lowest BCUT2D eigenvalue weighted by atomic mass is 10.1. The van der Waals surface area contributed by atoms with E-state index in [0.717, 1.165) is 24.1 Å². The van der Waals surface area contributed by atoms with E-state index < -0.39 is 0 Å². The quantitative estimate of drug-likeness (QED) is 0.906. The zero-order valence-electron chi connectivity index (χ0n) is 13.9. The van der Waals surface area contributed by atoms with Crippen LogP contribution in [0, 0.1) is 13.8 Å². The van der Waals surface area contributed by atoms with Crippen molar-refractivity contribution in [3.63, 3.8) is 0 Å². The summed E-state index contributed by atoms with van der Waals surface area (Å²) in [5, 5.41) is 3.05. The number of hydrogen-bond acceptors (Lipinski definition) is 2. The highest BCUT2D eigenvalue weighted by atomic mass is 16.2. The number of rotatable bonds is 4. The summed E-state index contributed by atoms with van der Waals surface area (Å²) >= 11 is 0. The maximum atomic E-state index is 12.8. The zero-order chi connectivity index (χ0) is 16.4. The van der Waals surface area contributed by atoms with Crippen molar-refractivity contribution >= 4 is 11.7 Å². The highest BCUT2D eigenvalue weighted by molar-refractivity contribution is 5.90. The van der Waals surface area contributed by atoms with Crippen LogP contribution in [0.1, 0.15) is 42.5 Å². The van der Waals surface area contributed by atoms with Gasteiger partial charge in [0.1, 0.15) is 0 Å². The molecule has 4 heteroatoms. The highest BCUT2D eigenvalue weighted by Crippen LogP contribution is 2.34. The first-order valence-corrected chi connectivity index (χ1v) is 8.13. The second kappa shape index (κ2) is 6.41. The summed E-state index contributed by atoms with van der Waals surface area (Å²) in [5.74, 6) is 0. The van der Waals surface area contributed by atoms with Crippen molar-refractivity contribution in [3.8, 4) is 0 Å². The first kappa shape index (κ1) is 15.5. The number of hydrogen-bond donors (Lipinski definition) is 1. The number of benzene rings is 1. The molecule has 1 aromatic heterocycles. The lowest BCUT2D eigenvalue weighted by Crippen LogP contribution is -2.38. The summed E-state index contributed by atoms with van der Waals surface area (Å²) in [5.41, 5.74) is 4.32. The molecule has 3 rings (SSSR count). The number of aryl methyl sites for hydroxylation is 2. The van der Waals surface area contributed by atoms with Crippen molar-refractivity contribution in [3.05, 3.63) is 59.4 Å². The third kappa shape index (κ3) is 3.52. The summed E-state index contributed by atoms with van der Waals surface area (Å²) in [6.45, 7) is 6.19. The Balaban J connectivity index is 1.78. The maximum Gasteiger partial charge on any atom is 0.322 e. The SMILES string of the molecule is Cc1ccc(NC(=O)N(C2CC2)C(C)c2cccnc2)cc1C. The van der Waals surface area contributed by atoms with E-state index in [4.69, 9.17) is 0 Å². The van der Waals surface area contributed by atoms with Gasteiger partial charge in [-0.15, -0.1) is 0 Å². The Kier molecular flexibility index (Phi) is 4.33. The fourth-order valence-electron chi connectivity index (χ4n) is 2.80. The van der Waals surface area contributed by atoms with Gasteiger partial charge in [0.25, 0.3) is 0 Å². The van der Waals surface area contributed by atoms with Gasteiger partial charge in [-0.05, 0) is 68.5 Å². The van der Waals surface area contributed by atoms with E-state index in [1.807, 2.05) is 41.4 Å². The van der Waals surface area contributed by atoms with Crippen molar-refractivity contribution in [1.29, 1.82) is 0 Å². The largest absolute Gasteiger partial charge is 0.322 e. The molecule has 1 aliphatic carbocycles. The third-order valence-electron chi connectivity index (χ3n) is 4.52. The van der Waals surface area contributed by atoms with Crippen LogP contribution in [0.3, 0.4) is 0 Å². The second-order valence-corrected chi connectivity index (χ2v) is 6.33. The van der Waals surface area contributed by atoms with Gasteiger partial charge >= 0.3 is 6.03 Å². The van der Waals surface area contributed by atoms with Gasteiger partial charge in [0.2, 0.25) is 0 Å². The Morgan fingerprint density at radius 3 is 2.65 bits per heavy atom. The number of nitrogens with one attached hydrogen (secondary N) is 1. The molecule has 2 amide bonds. The number of aromatic nitrogens is 1. The molecule has 1 heterocycles. The summed E-state index contributed by atoms with van der Waals surface area (Å²) in [6.07, 6.45) is 5.74. The summed E-state index contributed by atoms with van der Waals surface area (Å²) in [6, 6.07) is 10.3. The minimum Gasteiger partial charge on any atom is -0.315 e. The highest BCUT2D eigenvalue weighted by Gasteiger charge is 2.36. The van der Waals surface area contributed by atoms with Crippen molar-refractivity contribution in [2.75, 3.05) is 5.32 Å². The van der Waals surface area contributed by atoms with E-state index in [0.29, 0.717) is 6.04 Å². The molecule has 1 aromatic carbocycles. The molecule has 0 saturated heterocycles. The standard InChI is InChI=1S/C19H23N3O/c1-13-6-7-17(11-14(13)2)21-19(23)22(18-8-9-18)15(3)16-5-4-10-20-12-16/h4-7,10-12,15,18H,8-9H2,1-3H3,(H,21,23). The van der Waals surface area contributed by atoms with Crippen molar-refractivity contribution in [1.82, 2.24) is 9.88 Å². The van der Waals surface area contributed by atoms with Crippen LogP contribution in [0.15, 0.2) is 42.7 Å². The van der Waals surface area contributed by atoms with Crippen LogP contribution in [0.25, 0.3) is 0 Å². The van der Waals surface area contributed by atoms with Gasteiger partial charge in [0, 0.05) is 24.1 Å². The summed E-state index contributed by atoms with van der Waals surface area (Å²) in [4.78, 5) is 18.9. The number of carbonyl (C=O) groups is 1. The van der Waals surface area contributed by atoms with Crippen LogP contribution in [0.5, 0.6) is 0 Å². The molecule has 4 nitrogen and oxygen atoms in total. The van der Waals surface area contributed by atoms with Gasteiger partial charge in [-0.3, -0.25) is 4.98 Å². The van der Waals surface area contributed by atoms with Gasteiger partial charge in [-0.1, -0.05) is 12.1 Å². The van der Waals surface area contributed by atoms with E-state index >= 15 is 0 Å². The molecule has 0 bridgehead atoms. The fraction of sp³-hybridized carbons (Fsp3) is 0.368. The molecule has 2 aromatic rings. The van der Waals surface area contributed by atoms with E-state index in [1.54, 1.807) is 6.20 Å². The van der Waals surface area contributed by atoms with Crippen LogP contribution >= 0.6 is 0 Å². The third-order valence-corrected chi connectivity index (χ3v) is 4.52. The van der Waals surface area contributed by atoms with E-state index in [2.05, 4.69) is 31.1 Å². The average molecular weight is 309 g/mol. The molecule has 1 unspecified atom stereocenters. The molecule has 1 atom stereocenters. The molecule has 23 heavy (non-hydrogen) atoms. The number of carbonyl (C=O) groups excluding carboxylic acids is 1. The van der Waals surface area contributed by atoms with Crippen molar-refractivity contribution in [2.24, 2.45) is 0 Å². The van der Waals surface area contributed by atoms with Crippen molar-refractivity contribution in [2.45, 2.75) is 45.7 Å². The average Bonchev–Trinajstić information content (AvgIpc) is 3.37. The van der Waals surface area contributed by atoms with E-state index in [9.17, 15) is 4.79 Å². The van der Waals surface area contributed by atoms with Gasteiger partial charge in [0.05, 0.1) is 6.04 Å². The van der Waals surface area contributed by atoms with Crippen LogP contribution < -0.4 is 5.32 Å². The molecule has 0 spiro atoms. The Labute approximate surface area is 137 Å². The normalized spacial score (nSPS) is 15.1. The van der Waals surface area contributed by atoms with Crippen LogP contribution in [0.4, 0.5) is 10.5 Å². The fourth-order valence-corrected chi connectivity index (χ4v) is 2.80. The van der Waals surface area contributed by atoms with Crippen molar-refractivity contribution < 1.29 is 4.79 Å². The Morgan fingerprint density at radius 2 is 2.04 bits per heavy atom. The van der Waals surface area contributed by atoms with Gasteiger partial charge in [-0.2, -0.15) is 0 Å². The molecule has 1 fully saturated rings. The monoisotopic (exact) mass is 309 g/mol. The first-order chi connectivity index (χ1) is 11.1. The molecule has 120 valence electrons. The zero-order valence-corrected chi connectivity index (χ0v) is 13.9. The van der Waals surface area contributed by atoms with Gasteiger partial charge < -0.3 is 10.2 Å². The Morgan fingerprint density at radius 1 is 1.26 bits per heavy atom. The summed E-state index contributed by atoms with van der Waals surface area (Å²) in [7, 11) is 0. The van der Waals surface area contributed by atoms with Gasteiger partial charge in [-0.25, -0.2) is 4.79 Å². The molecular weight excluding hydrogens is 286 g/mol. The molecule has 0 aliphatic heterocycles. The minimum absolute atomic E-state index is 0.0164. The maximum absolute atomic E-state index is 12.8. The molecule has 0 radical (unpaired) electrons. The summed E-state index contributed by atoms with van der Waals surface area (Å²) < 4.78 is 0. The smallest absolute Gasteiger partial charge is 0.315 e. The van der Waals surface area contributed by atoms with E-state index in [-0.39, 0.29) is 12.1 Å². The van der Waals surface area contributed by atoms with Gasteiger partial charge in [0.15, 0.2) is 0 Å². The second-order valence-electron chi connectivity index (χ2n) is 6.33. The van der Waals surface area contributed by atoms with E-state index in [1.165, 1.54) is 11.1 Å². The van der Waals surface area contributed by atoms with Crippen LogP contribution in [-0.2, 0) is 0 Å². The molecule has 1 saturated carbocycles. The predicted octanol–water partition coefficient (Wildman–Crippen LogP) is 4.46. The van der Waals surface area contributed by atoms with Crippen LogP contribution in [-0.4, -0.2) is 22.0 Å². The number of anilines is 1. The number of nitrogens with zero attached hydrogens (tertiary/aromatic N) is 2. The number of pyridine rings is 1. The molecule has 1 N–H and O–H groups in total. The molecular formula is C19H23N3O. The molecule has 1 aliphatic rings.